The maximum atomic E-state index is 12.6. The van der Waals surface area contributed by atoms with Crippen molar-refractivity contribution in [2.24, 2.45) is 5.92 Å². The van der Waals surface area contributed by atoms with Gasteiger partial charge in [-0.25, -0.2) is 4.98 Å². The molecule has 1 atom stereocenters. The van der Waals surface area contributed by atoms with Gasteiger partial charge in [-0.2, -0.15) is 0 Å². The highest BCUT2D eigenvalue weighted by Crippen LogP contribution is 2.45. The Bertz CT molecular complexity index is 659. The van der Waals surface area contributed by atoms with Crippen molar-refractivity contribution >= 4 is 11.8 Å². The molecule has 1 aromatic rings. The molecule has 3 heterocycles. The number of carbonyl (C=O) groups is 2. The lowest BCUT2D eigenvalue weighted by molar-refractivity contribution is -0.198. The Kier molecular flexibility index (Phi) is 3.63. The molecule has 0 radical (unpaired) electrons. The standard InChI is InChI=1S/C17H23N3O4/c1-11-13(24-10-18-11)15(21)19-7-5-17(6-8-19)14(23-2)16(22)20(17)9-12-3-4-12/h10,12,14H,3-9H2,1-2H3. The van der Waals surface area contributed by atoms with Crippen molar-refractivity contribution in [3.05, 3.63) is 17.8 Å². The normalized spacial score (nSPS) is 25.9. The molecule has 3 aliphatic rings. The van der Waals surface area contributed by atoms with Crippen LogP contribution in [-0.2, 0) is 9.53 Å². The van der Waals surface area contributed by atoms with Gasteiger partial charge in [0.2, 0.25) is 5.76 Å². The maximum Gasteiger partial charge on any atom is 0.291 e. The van der Waals surface area contributed by atoms with Crippen LogP contribution in [0.5, 0.6) is 0 Å². The molecule has 0 aromatic carbocycles. The molecule has 2 saturated heterocycles. The predicted molar refractivity (Wildman–Crippen MR) is 84.3 cm³/mol. The zero-order chi connectivity index (χ0) is 16.9. The number of rotatable bonds is 4. The van der Waals surface area contributed by atoms with Crippen molar-refractivity contribution in [3.63, 3.8) is 0 Å². The monoisotopic (exact) mass is 333 g/mol. The summed E-state index contributed by atoms with van der Waals surface area (Å²) in [5.41, 5.74) is 0.381. The molecular weight excluding hydrogens is 310 g/mol. The van der Waals surface area contributed by atoms with Gasteiger partial charge in [-0.15, -0.1) is 0 Å². The van der Waals surface area contributed by atoms with Gasteiger partial charge in [0.1, 0.15) is 0 Å². The number of ether oxygens (including phenoxy) is 1. The fourth-order valence-corrected chi connectivity index (χ4v) is 4.10. The summed E-state index contributed by atoms with van der Waals surface area (Å²) in [5, 5.41) is 0. The second-order valence-electron chi connectivity index (χ2n) is 7.17. The Hall–Kier alpha value is -1.89. The average molecular weight is 333 g/mol. The number of β-lactam (4-membered cyclic amide) rings is 1. The highest BCUT2D eigenvalue weighted by Gasteiger charge is 2.61. The number of amides is 2. The van der Waals surface area contributed by atoms with Gasteiger partial charge in [-0.3, -0.25) is 9.59 Å². The first-order valence-electron chi connectivity index (χ1n) is 8.60. The molecule has 1 unspecified atom stereocenters. The summed E-state index contributed by atoms with van der Waals surface area (Å²) in [6, 6.07) is 0. The molecule has 24 heavy (non-hydrogen) atoms. The van der Waals surface area contributed by atoms with Crippen molar-refractivity contribution in [3.8, 4) is 0 Å². The Morgan fingerprint density at radius 1 is 1.42 bits per heavy atom. The zero-order valence-corrected chi connectivity index (χ0v) is 14.2. The SMILES string of the molecule is COC1C(=O)N(CC2CC2)C12CCN(C(=O)c1ocnc1C)CC2. The van der Waals surface area contributed by atoms with E-state index in [9.17, 15) is 9.59 Å². The molecule has 0 bridgehead atoms. The first kappa shape index (κ1) is 15.6. The van der Waals surface area contributed by atoms with Crippen LogP contribution in [0.1, 0.15) is 41.9 Å². The van der Waals surface area contributed by atoms with E-state index in [0.29, 0.717) is 30.5 Å². The number of hydrogen-bond donors (Lipinski definition) is 0. The molecule has 1 aliphatic carbocycles. The van der Waals surface area contributed by atoms with Crippen molar-refractivity contribution in [1.82, 2.24) is 14.8 Å². The lowest BCUT2D eigenvalue weighted by Crippen LogP contribution is -2.77. The number of piperidine rings is 1. The van der Waals surface area contributed by atoms with Crippen LogP contribution >= 0.6 is 0 Å². The summed E-state index contributed by atoms with van der Waals surface area (Å²) in [5.74, 6) is 0.956. The third-order valence-corrected chi connectivity index (χ3v) is 5.75. The van der Waals surface area contributed by atoms with E-state index in [4.69, 9.17) is 9.15 Å². The molecule has 0 N–H and O–H groups in total. The van der Waals surface area contributed by atoms with Gasteiger partial charge in [0.25, 0.3) is 11.8 Å². The first-order chi connectivity index (χ1) is 11.6. The molecule has 3 fully saturated rings. The zero-order valence-electron chi connectivity index (χ0n) is 14.2. The summed E-state index contributed by atoms with van der Waals surface area (Å²) in [6.07, 6.45) is 4.88. The number of methoxy groups -OCH3 is 1. The van der Waals surface area contributed by atoms with Crippen molar-refractivity contribution < 1.29 is 18.7 Å². The number of aryl methyl sites for hydroxylation is 1. The van der Waals surface area contributed by atoms with Crippen molar-refractivity contribution in [1.29, 1.82) is 0 Å². The molecule has 2 aliphatic heterocycles. The summed E-state index contributed by atoms with van der Waals surface area (Å²) >= 11 is 0. The van der Waals surface area contributed by atoms with E-state index >= 15 is 0 Å². The highest BCUT2D eigenvalue weighted by molar-refractivity contribution is 5.93. The van der Waals surface area contributed by atoms with E-state index in [1.54, 1.807) is 18.9 Å². The Morgan fingerprint density at radius 3 is 2.67 bits per heavy atom. The number of carbonyl (C=O) groups excluding carboxylic acids is 2. The minimum Gasteiger partial charge on any atom is -0.438 e. The number of hydrogen-bond acceptors (Lipinski definition) is 5. The van der Waals surface area contributed by atoms with Gasteiger partial charge in [-0.05, 0) is 38.5 Å². The van der Waals surface area contributed by atoms with Crippen molar-refractivity contribution in [2.75, 3.05) is 26.7 Å². The summed E-state index contributed by atoms with van der Waals surface area (Å²) in [7, 11) is 1.61. The van der Waals surface area contributed by atoms with Crippen LogP contribution in [0.25, 0.3) is 0 Å². The lowest BCUT2D eigenvalue weighted by atomic mass is 9.72. The van der Waals surface area contributed by atoms with E-state index in [0.717, 1.165) is 19.4 Å². The van der Waals surface area contributed by atoms with Gasteiger partial charge < -0.3 is 19.0 Å². The Balaban J connectivity index is 1.46. The third kappa shape index (κ3) is 2.25. The van der Waals surface area contributed by atoms with E-state index in [1.165, 1.54) is 19.2 Å². The van der Waals surface area contributed by atoms with Gasteiger partial charge in [0, 0.05) is 26.7 Å². The van der Waals surface area contributed by atoms with E-state index in [-0.39, 0.29) is 23.5 Å². The van der Waals surface area contributed by atoms with Gasteiger partial charge >= 0.3 is 0 Å². The van der Waals surface area contributed by atoms with Crippen LogP contribution in [0.15, 0.2) is 10.8 Å². The van der Waals surface area contributed by atoms with E-state index in [1.807, 2.05) is 4.90 Å². The number of aromatic nitrogens is 1. The molecule has 7 heteroatoms. The van der Waals surface area contributed by atoms with Gasteiger partial charge in [0.05, 0.1) is 11.2 Å². The first-order valence-corrected chi connectivity index (χ1v) is 8.60. The van der Waals surface area contributed by atoms with Crippen molar-refractivity contribution in [2.45, 2.75) is 44.2 Å². The van der Waals surface area contributed by atoms with Gasteiger partial charge in [0.15, 0.2) is 12.5 Å². The Labute approximate surface area is 140 Å². The summed E-state index contributed by atoms with van der Waals surface area (Å²) in [4.78, 5) is 32.7. The highest BCUT2D eigenvalue weighted by atomic mass is 16.5. The van der Waals surface area contributed by atoms with E-state index in [2.05, 4.69) is 4.98 Å². The minimum absolute atomic E-state index is 0.107. The number of oxazole rings is 1. The minimum atomic E-state index is -0.361. The maximum absolute atomic E-state index is 12.6. The van der Waals surface area contributed by atoms with Crippen LogP contribution in [0.2, 0.25) is 0 Å². The fraction of sp³-hybridized carbons (Fsp3) is 0.706. The molecule has 130 valence electrons. The topological polar surface area (TPSA) is 75.9 Å². The smallest absolute Gasteiger partial charge is 0.291 e. The molecule has 1 saturated carbocycles. The molecular formula is C17H23N3O4. The van der Waals surface area contributed by atoms with E-state index < -0.39 is 0 Å². The average Bonchev–Trinajstić information content (AvgIpc) is 3.32. The van der Waals surface area contributed by atoms with Crippen LogP contribution in [0, 0.1) is 12.8 Å². The molecule has 1 aromatic heterocycles. The quantitative estimate of drug-likeness (QED) is 0.775. The molecule has 7 nitrogen and oxygen atoms in total. The van der Waals surface area contributed by atoms with Gasteiger partial charge in [-0.1, -0.05) is 0 Å². The molecule has 4 rings (SSSR count). The third-order valence-electron chi connectivity index (χ3n) is 5.75. The van der Waals surface area contributed by atoms with Crippen LogP contribution in [0.3, 0.4) is 0 Å². The number of likely N-dealkylation sites (tertiary alicyclic amines) is 2. The second kappa shape index (κ2) is 5.58. The van der Waals surface area contributed by atoms with Crippen LogP contribution in [0.4, 0.5) is 0 Å². The molecule has 2 amide bonds. The summed E-state index contributed by atoms with van der Waals surface area (Å²) in [6.45, 7) is 3.82. The largest absolute Gasteiger partial charge is 0.438 e. The molecule has 1 spiro atoms. The fourth-order valence-electron chi connectivity index (χ4n) is 4.10. The second-order valence-corrected chi connectivity index (χ2v) is 7.17. The predicted octanol–water partition coefficient (Wildman–Crippen LogP) is 1.23. The summed E-state index contributed by atoms with van der Waals surface area (Å²) < 4.78 is 10.7. The van der Waals surface area contributed by atoms with Crippen LogP contribution < -0.4 is 0 Å². The number of nitrogens with zero attached hydrogens (tertiary/aromatic N) is 3. The Morgan fingerprint density at radius 2 is 2.12 bits per heavy atom. The van der Waals surface area contributed by atoms with Crippen LogP contribution in [-0.4, -0.2) is 65.0 Å². The lowest BCUT2D eigenvalue weighted by Gasteiger charge is -2.59.